The average molecular weight is 214 g/mol. The molecule has 15 heavy (non-hydrogen) atoms. The van der Waals surface area contributed by atoms with Gasteiger partial charge in [0, 0.05) is 6.04 Å². The fourth-order valence-electron chi connectivity index (χ4n) is 1.06. The molecule has 0 unspecified atom stereocenters. The fraction of sp³-hybridized carbons (Fsp3) is 0.700. The molecule has 0 aliphatic rings. The van der Waals surface area contributed by atoms with Crippen molar-refractivity contribution in [1.82, 2.24) is 9.78 Å². The van der Waals surface area contributed by atoms with Gasteiger partial charge in [-0.15, -0.1) is 0 Å². The van der Waals surface area contributed by atoms with Crippen molar-refractivity contribution in [3.05, 3.63) is 12.4 Å². The van der Waals surface area contributed by atoms with E-state index in [2.05, 4.69) is 18.9 Å². The highest BCUT2D eigenvalue weighted by Crippen LogP contribution is 2.11. The second-order valence-corrected chi connectivity index (χ2v) is 3.43. The SMILES string of the molecule is CC(C)n1cc(OCCOCCO)cn1. The van der Waals surface area contributed by atoms with Crippen LogP contribution < -0.4 is 4.74 Å². The molecule has 5 heteroatoms. The van der Waals surface area contributed by atoms with Crippen LogP contribution in [0.25, 0.3) is 0 Å². The number of ether oxygens (including phenoxy) is 2. The van der Waals surface area contributed by atoms with Crippen molar-refractivity contribution in [2.75, 3.05) is 26.4 Å². The van der Waals surface area contributed by atoms with Crippen LogP contribution in [0.2, 0.25) is 0 Å². The Labute approximate surface area is 89.6 Å². The van der Waals surface area contributed by atoms with Gasteiger partial charge in [0.25, 0.3) is 0 Å². The third kappa shape index (κ3) is 4.31. The topological polar surface area (TPSA) is 56.5 Å². The lowest BCUT2D eigenvalue weighted by Crippen LogP contribution is -2.08. The molecular formula is C10H18N2O3. The molecular weight excluding hydrogens is 196 g/mol. The molecule has 0 aliphatic carbocycles. The van der Waals surface area contributed by atoms with E-state index in [9.17, 15) is 0 Å². The van der Waals surface area contributed by atoms with Crippen LogP contribution in [0.1, 0.15) is 19.9 Å². The van der Waals surface area contributed by atoms with E-state index in [0.29, 0.717) is 25.9 Å². The fourth-order valence-corrected chi connectivity index (χ4v) is 1.06. The monoisotopic (exact) mass is 214 g/mol. The Morgan fingerprint density at radius 3 is 2.80 bits per heavy atom. The van der Waals surface area contributed by atoms with E-state index >= 15 is 0 Å². The summed E-state index contributed by atoms with van der Waals surface area (Å²) < 4.78 is 12.3. The maximum atomic E-state index is 8.47. The molecule has 0 saturated carbocycles. The van der Waals surface area contributed by atoms with E-state index in [-0.39, 0.29) is 6.61 Å². The van der Waals surface area contributed by atoms with Gasteiger partial charge >= 0.3 is 0 Å². The summed E-state index contributed by atoms with van der Waals surface area (Å²) in [6.45, 7) is 5.47. The van der Waals surface area contributed by atoms with Gasteiger partial charge in [0.2, 0.25) is 0 Å². The Bertz CT molecular complexity index is 273. The predicted molar refractivity (Wildman–Crippen MR) is 56.0 cm³/mol. The van der Waals surface area contributed by atoms with Gasteiger partial charge in [-0.2, -0.15) is 5.10 Å². The molecule has 1 heterocycles. The Hall–Kier alpha value is -1.07. The smallest absolute Gasteiger partial charge is 0.157 e. The molecule has 1 aromatic heterocycles. The van der Waals surface area contributed by atoms with E-state index in [1.165, 1.54) is 0 Å². The molecule has 0 saturated heterocycles. The molecule has 0 bridgehead atoms. The van der Waals surface area contributed by atoms with Crippen molar-refractivity contribution >= 4 is 0 Å². The number of aliphatic hydroxyl groups excluding tert-OH is 1. The number of aromatic nitrogens is 2. The van der Waals surface area contributed by atoms with Crippen molar-refractivity contribution in [2.45, 2.75) is 19.9 Å². The van der Waals surface area contributed by atoms with Crippen molar-refractivity contribution < 1.29 is 14.6 Å². The predicted octanol–water partition coefficient (Wildman–Crippen LogP) is 0.852. The molecule has 0 amide bonds. The van der Waals surface area contributed by atoms with Gasteiger partial charge in [-0.1, -0.05) is 0 Å². The molecule has 0 atom stereocenters. The maximum Gasteiger partial charge on any atom is 0.157 e. The Balaban J connectivity index is 2.20. The van der Waals surface area contributed by atoms with E-state index in [1.54, 1.807) is 6.20 Å². The summed E-state index contributed by atoms with van der Waals surface area (Å²) in [4.78, 5) is 0. The summed E-state index contributed by atoms with van der Waals surface area (Å²) in [5.41, 5.74) is 0. The maximum absolute atomic E-state index is 8.47. The second kappa shape index (κ2) is 6.42. The Morgan fingerprint density at radius 2 is 2.20 bits per heavy atom. The average Bonchev–Trinajstić information content (AvgIpc) is 2.66. The first-order valence-electron chi connectivity index (χ1n) is 5.09. The van der Waals surface area contributed by atoms with Gasteiger partial charge < -0.3 is 14.6 Å². The summed E-state index contributed by atoms with van der Waals surface area (Å²) in [5, 5.41) is 12.6. The van der Waals surface area contributed by atoms with E-state index in [4.69, 9.17) is 14.6 Å². The summed E-state index contributed by atoms with van der Waals surface area (Å²) in [6.07, 6.45) is 3.54. The van der Waals surface area contributed by atoms with Crippen LogP contribution >= 0.6 is 0 Å². The van der Waals surface area contributed by atoms with E-state index in [0.717, 1.165) is 5.75 Å². The van der Waals surface area contributed by atoms with Crippen molar-refractivity contribution in [1.29, 1.82) is 0 Å². The molecule has 1 rings (SSSR count). The molecule has 0 radical (unpaired) electrons. The molecule has 0 aliphatic heterocycles. The third-order valence-corrected chi connectivity index (χ3v) is 1.84. The van der Waals surface area contributed by atoms with Crippen LogP contribution in [0.15, 0.2) is 12.4 Å². The van der Waals surface area contributed by atoms with Gasteiger partial charge in [0.05, 0.1) is 32.2 Å². The quantitative estimate of drug-likeness (QED) is 0.684. The van der Waals surface area contributed by atoms with Crippen LogP contribution in [0.5, 0.6) is 5.75 Å². The molecule has 86 valence electrons. The van der Waals surface area contributed by atoms with Gasteiger partial charge in [-0.25, -0.2) is 0 Å². The van der Waals surface area contributed by atoms with Crippen molar-refractivity contribution in [3.8, 4) is 5.75 Å². The number of rotatable bonds is 7. The molecule has 0 fully saturated rings. The minimum Gasteiger partial charge on any atom is -0.488 e. The highest BCUT2D eigenvalue weighted by Gasteiger charge is 2.01. The molecule has 0 aromatic carbocycles. The first kappa shape index (κ1) is 12.0. The number of nitrogens with zero attached hydrogens (tertiary/aromatic N) is 2. The van der Waals surface area contributed by atoms with Crippen LogP contribution in [0, 0.1) is 0 Å². The highest BCUT2D eigenvalue weighted by atomic mass is 16.5. The van der Waals surface area contributed by atoms with Gasteiger partial charge in [0.15, 0.2) is 5.75 Å². The minimum absolute atomic E-state index is 0.0469. The first-order valence-corrected chi connectivity index (χ1v) is 5.09. The zero-order chi connectivity index (χ0) is 11.1. The van der Waals surface area contributed by atoms with Crippen LogP contribution in [0.4, 0.5) is 0 Å². The summed E-state index contributed by atoms with van der Waals surface area (Å²) >= 11 is 0. The number of hydrogen-bond donors (Lipinski definition) is 1. The Morgan fingerprint density at radius 1 is 1.40 bits per heavy atom. The van der Waals surface area contributed by atoms with Crippen LogP contribution in [-0.2, 0) is 4.74 Å². The number of hydrogen-bond acceptors (Lipinski definition) is 4. The zero-order valence-electron chi connectivity index (χ0n) is 9.22. The lowest BCUT2D eigenvalue weighted by molar-refractivity contribution is 0.0705. The first-order chi connectivity index (χ1) is 7.24. The lowest BCUT2D eigenvalue weighted by Gasteiger charge is -2.04. The highest BCUT2D eigenvalue weighted by molar-refractivity contribution is 5.11. The van der Waals surface area contributed by atoms with Crippen molar-refractivity contribution in [3.63, 3.8) is 0 Å². The molecule has 5 nitrogen and oxygen atoms in total. The third-order valence-electron chi connectivity index (χ3n) is 1.84. The molecule has 1 aromatic rings. The molecule has 0 spiro atoms. The largest absolute Gasteiger partial charge is 0.488 e. The summed E-state index contributed by atoms with van der Waals surface area (Å²) in [7, 11) is 0. The normalized spacial score (nSPS) is 10.9. The summed E-state index contributed by atoms with van der Waals surface area (Å²) in [6, 6.07) is 0.341. The minimum atomic E-state index is 0.0469. The lowest BCUT2D eigenvalue weighted by atomic mass is 10.4. The Kier molecular flexibility index (Phi) is 5.14. The standard InChI is InChI=1S/C10H18N2O3/c1-9(2)12-8-10(7-11-12)15-6-5-14-4-3-13/h7-9,13H,3-6H2,1-2H3. The number of aliphatic hydroxyl groups is 1. The second-order valence-electron chi connectivity index (χ2n) is 3.43. The summed E-state index contributed by atoms with van der Waals surface area (Å²) in [5.74, 6) is 0.747. The van der Waals surface area contributed by atoms with Gasteiger partial charge in [-0.3, -0.25) is 4.68 Å². The zero-order valence-corrected chi connectivity index (χ0v) is 9.22. The molecule has 1 N–H and O–H groups in total. The van der Waals surface area contributed by atoms with Gasteiger partial charge in [0.1, 0.15) is 6.61 Å². The van der Waals surface area contributed by atoms with Gasteiger partial charge in [-0.05, 0) is 13.8 Å². The van der Waals surface area contributed by atoms with E-state index in [1.807, 2.05) is 10.9 Å². The van der Waals surface area contributed by atoms with Crippen molar-refractivity contribution in [2.24, 2.45) is 0 Å². The van der Waals surface area contributed by atoms with Crippen LogP contribution in [-0.4, -0.2) is 41.3 Å². The van der Waals surface area contributed by atoms with Crippen LogP contribution in [0.3, 0.4) is 0 Å². The van der Waals surface area contributed by atoms with E-state index < -0.39 is 0 Å².